The quantitative estimate of drug-likeness (QED) is 0.218. The first-order valence-electron chi connectivity index (χ1n) is 15.1. The second-order valence-electron chi connectivity index (χ2n) is 12.1. The van der Waals surface area contributed by atoms with Crippen LogP contribution in [0.15, 0.2) is 61.2 Å². The molecular weight excluding hydrogens is 581 g/mol. The van der Waals surface area contributed by atoms with Crippen molar-refractivity contribution in [3.63, 3.8) is 0 Å². The highest BCUT2D eigenvalue weighted by atomic mass is 35.5. The van der Waals surface area contributed by atoms with Crippen molar-refractivity contribution in [3.8, 4) is 17.1 Å². The number of amides is 1. The maximum Gasteiger partial charge on any atom is 0.319 e. The molecule has 1 aromatic heterocycles. The minimum absolute atomic E-state index is 0.0256. The summed E-state index contributed by atoms with van der Waals surface area (Å²) >= 11 is 13.8. The van der Waals surface area contributed by atoms with E-state index in [9.17, 15) is 4.79 Å². The molecule has 3 aliphatic rings. The molecular formula is C34H35Cl2N5O2. The standard InChI is InChI=1S/C34H35Cl2N5O2/c1-3-30(42)39-16-17-41(22(2)20-39)32-26-18-28(36)25(24-10-4-8-23-9-5-11-27(35)31(23)24)19-29(26)37-33(38-32)43-21-34-12-6-14-40(34)15-7-13-34/h3-5,8-11,18-19,22H,1,6-7,12-17,20-21H2,2H3/t22-/m0/s1. The molecule has 7 nitrogen and oxygen atoms in total. The number of rotatable bonds is 6. The average molecular weight is 617 g/mol. The molecule has 3 aromatic carbocycles. The monoisotopic (exact) mass is 615 g/mol. The van der Waals surface area contributed by atoms with Crippen molar-refractivity contribution in [2.45, 2.75) is 44.2 Å². The molecule has 0 spiro atoms. The first kappa shape index (κ1) is 28.4. The van der Waals surface area contributed by atoms with E-state index < -0.39 is 0 Å². The number of piperazine rings is 1. The third-order valence-corrected chi connectivity index (χ3v) is 10.2. The van der Waals surface area contributed by atoms with E-state index in [2.05, 4.69) is 35.4 Å². The minimum atomic E-state index is -0.0542. The van der Waals surface area contributed by atoms with Crippen LogP contribution in [-0.4, -0.2) is 76.6 Å². The van der Waals surface area contributed by atoms with Crippen molar-refractivity contribution < 1.29 is 9.53 Å². The van der Waals surface area contributed by atoms with Crippen LogP contribution in [0.2, 0.25) is 10.0 Å². The smallest absolute Gasteiger partial charge is 0.319 e. The molecule has 1 atom stereocenters. The van der Waals surface area contributed by atoms with Crippen molar-refractivity contribution in [1.29, 1.82) is 0 Å². The van der Waals surface area contributed by atoms with E-state index in [1.807, 2.05) is 41.3 Å². The Bertz CT molecular complexity index is 1730. The molecule has 0 bridgehead atoms. The Morgan fingerprint density at radius 3 is 2.53 bits per heavy atom. The van der Waals surface area contributed by atoms with E-state index in [4.69, 9.17) is 37.9 Å². The van der Waals surface area contributed by atoms with Gasteiger partial charge in [0, 0.05) is 52.1 Å². The number of carbonyl (C=O) groups excluding carboxylic acids is 1. The molecule has 1 amide bonds. The van der Waals surface area contributed by atoms with Gasteiger partial charge in [0.1, 0.15) is 12.4 Å². The normalized spacial score (nSPS) is 20.1. The Labute approximate surface area is 262 Å². The number of hydrogen-bond acceptors (Lipinski definition) is 6. The molecule has 4 aromatic rings. The number of anilines is 1. The molecule has 0 N–H and O–H groups in total. The van der Waals surface area contributed by atoms with Gasteiger partial charge in [0.25, 0.3) is 0 Å². The number of fused-ring (bicyclic) bond motifs is 3. The molecule has 3 aliphatic heterocycles. The zero-order chi connectivity index (χ0) is 29.7. The summed E-state index contributed by atoms with van der Waals surface area (Å²) in [6, 6.07) is 16.4. The highest BCUT2D eigenvalue weighted by molar-refractivity contribution is 6.38. The molecule has 7 rings (SSSR count). The van der Waals surface area contributed by atoms with E-state index in [-0.39, 0.29) is 17.5 Å². The Morgan fingerprint density at radius 2 is 1.79 bits per heavy atom. The summed E-state index contributed by atoms with van der Waals surface area (Å²) in [7, 11) is 0. The summed E-state index contributed by atoms with van der Waals surface area (Å²) in [5.41, 5.74) is 2.64. The van der Waals surface area contributed by atoms with Crippen molar-refractivity contribution in [1.82, 2.24) is 19.8 Å². The second-order valence-corrected chi connectivity index (χ2v) is 12.9. The Balaban J connectivity index is 1.33. The largest absolute Gasteiger partial charge is 0.461 e. The molecule has 0 radical (unpaired) electrons. The molecule has 0 unspecified atom stereocenters. The lowest BCUT2D eigenvalue weighted by atomic mass is 9.95. The van der Waals surface area contributed by atoms with Crippen LogP contribution >= 0.6 is 23.2 Å². The lowest BCUT2D eigenvalue weighted by Gasteiger charge is -2.40. The van der Waals surface area contributed by atoms with Crippen LogP contribution in [0.25, 0.3) is 32.8 Å². The number of aromatic nitrogens is 2. The first-order valence-corrected chi connectivity index (χ1v) is 15.9. The molecule has 3 fully saturated rings. The van der Waals surface area contributed by atoms with Gasteiger partial charge in [-0.15, -0.1) is 0 Å². The topological polar surface area (TPSA) is 61.8 Å². The number of hydrogen-bond donors (Lipinski definition) is 0. The Kier molecular flexibility index (Phi) is 7.44. The third kappa shape index (κ3) is 5.01. The summed E-state index contributed by atoms with van der Waals surface area (Å²) in [4.78, 5) is 29.0. The van der Waals surface area contributed by atoms with Crippen molar-refractivity contribution in [2.75, 3.05) is 44.2 Å². The van der Waals surface area contributed by atoms with E-state index in [0.717, 1.165) is 64.6 Å². The molecule has 4 heterocycles. The number of benzene rings is 3. The number of ether oxygens (including phenoxy) is 1. The van der Waals surface area contributed by atoms with Gasteiger partial charge in [-0.3, -0.25) is 9.69 Å². The van der Waals surface area contributed by atoms with Gasteiger partial charge >= 0.3 is 6.01 Å². The zero-order valence-corrected chi connectivity index (χ0v) is 25.9. The van der Waals surface area contributed by atoms with Crippen LogP contribution < -0.4 is 9.64 Å². The fourth-order valence-corrected chi connectivity index (χ4v) is 7.93. The van der Waals surface area contributed by atoms with Gasteiger partial charge in [0.2, 0.25) is 5.91 Å². The summed E-state index contributed by atoms with van der Waals surface area (Å²) in [6.45, 7) is 10.4. The van der Waals surface area contributed by atoms with Gasteiger partial charge in [-0.2, -0.15) is 9.97 Å². The van der Waals surface area contributed by atoms with Gasteiger partial charge in [0.05, 0.1) is 11.1 Å². The van der Waals surface area contributed by atoms with Gasteiger partial charge in [-0.25, -0.2) is 0 Å². The molecule has 222 valence electrons. The van der Waals surface area contributed by atoms with Crippen LogP contribution in [0, 0.1) is 0 Å². The van der Waals surface area contributed by atoms with Crippen LogP contribution in [-0.2, 0) is 4.79 Å². The summed E-state index contributed by atoms with van der Waals surface area (Å²) < 4.78 is 6.49. The molecule has 9 heteroatoms. The summed E-state index contributed by atoms with van der Waals surface area (Å²) in [5, 5.41) is 4.12. The predicted molar refractivity (Wildman–Crippen MR) is 174 cm³/mol. The highest BCUT2D eigenvalue weighted by Crippen LogP contribution is 2.42. The maximum absolute atomic E-state index is 12.4. The zero-order valence-electron chi connectivity index (χ0n) is 24.4. The van der Waals surface area contributed by atoms with Crippen LogP contribution in [0.4, 0.5) is 5.82 Å². The van der Waals surface area contributed by atoms with Crippen LogP contribution in [0.3, 0.4) is 0 Å². The summed E-state index contributed by atoms with van der Waals surface area (Å²) in [5.74, 6) is 0.719. The lowest BCUT2D eigenvalue weighted by molar-refractivity contribution is -0.126. The van der Waals surface area contributed by atoms with Crippen LogP contribution in [0.5, 0.6) is 6.01 Å². The molecule has 3 saturated heterocycles. The Morgan fingerprint density at radius 1 is 1.02 bits per heavy atom. The second kappa shape index (κ2) is 11.3. The molecule has 43 heavy (non-hydrogen) atoms. The molecule has 0 saturated carbocycles. The first-order chi connectivity index (χ1) is 20.9. The van der Waals surface area contributed by atoms with Crippen LogP contribution in [0.1, 0.15) is 32.6 Å². The maximum atomic E-state index is 12.4. The van der Waals surface area contributed by atoms with Crippen molar-refractivity contribution in [3.05, 3.63) is 71.2 Å². The number of nitrogens with zero attached hydrogens (tertiary/aromatic N) is 5. The van der Waals surface area contributed by atoms with E-state index in [0.29, 0.717) is 42.3 Å². The van der Waals surface area contributed by atoms with Crippen molar-refractivity contribution in [2.24, 2.45) is 0 Å². The SMILES string of the molecule is C=CC(=O)N1CCN(c2nc(OCC34CCCN3CCC4)nc3cc(-c4cccc5cccc(Cl)c45)c(Cl)cc23)[C@@H](C)C1. The van der Waals surface area contributed by atoms with Gasteiger partial charge < -0.3 is 14.5 Å². The minimum Gasteiger partial charge on any atom is -0.461 e. The predicted octanol–water partition coefficient (Wildman–Crippen LogP) is 6.99. The van der Waals surface area contributed by atoms with Gasteiger partial charge in [-0.1, -0.05) is 60.1 Å². The number of carbonyl (C=O) groups is 1. The lowest BCUT2D eigenvalue weighted by Crippen LogP contribution is -2.53. The fraction of sp³-hybridized carbons (Fsp3) is 0.382. The average Bonchev–Trinajstić information content (AvgIpc) is 3.60. The summed E-state index contributed by atoms with van der Waals surface area (Å²) in [6.07, 6.45) is 6.07. The third-order valence-electron chi connectivity index (χ3n) is 9.55. The fourth-order valence-electron chi connectivity index (χ4n) is 7.38. The number of halogens is 2. The van der Waals surface area contributed by atoms with E-state index >= 15 is 0 Å². The van der Waals surface area contributed by atoms with Gasteiger partial charge in [-0.05, 0) is 80.9 Å². The van der Waals surface area contributed by atoms with Crippen molar-refractivity contribution >= 4 is 56.6 Å². The highest BCUT2D eigenvalue weighted by Gasteiger charge is 2.45. The molecule has 0 aliphatic carbocycles. The van der Waals surface area contributed by atoms with E-state index in [1.54, 1.807) is 0 Å². The Hall–Kier alpha value is -3.39. The van der Waals surface area contributed by atoms with Gasteiger partial charge in [0.15, 0.2) is 0 Å². The van der Waals surface area contributed by atoms with E-state index in [1.165, 1.54) is 18.9 Å².